The van der Waals surface area contributed by atoms with E-state index in [-0.39, 0.29) is 5.41 Å². The lowest BCUT2D eigenvalue weighted by atomic mass is 9.80. The molecule has 0 saturated heterocycles. The smallest absolute Gasteiger partial charge is 0.136 e. The zero-order valence-electron chi connectivity index (χ0n) is 27.2. The minimum Gasteiger partial charge on any atom is -0.456 e. The second-order valence-electron chi connectivity index (χ2n) is 13.3. The molecule has 0 N–H and O–H groups in total. The molecule has 6 aromatic carbocycles. The van der Waals surface area contributed by atoms with Crippen LogP contribution in [0.3, 0.4) is 0 Å². The molecular weight excluding hydrogens is 556 g/mol. The van der Waals surface area contributed by atoms with Gasteiger partial charge >= 0.3 is 0 Å². The second kappa shape index (κ2) is 10.7. The first-order valence-corrected chi connectivity index (χ1v) is 16.4. The molecular formula is C45H38O. The summed E-state index contributed by atoms with van der Waals surface area (Å²) >= 11 is 0. The first kappa shape index (κ1) is 28.3. The third-order valence-corrected chi connectivity index (χ3v) is 10.2. The molecule has 1 heteroatoms. The molecule has 0 radical (unpaired) electrons. The Morgan fingerprint density at radius 2 is 1.17 bits per heavy atom. The topological polar surface area (TPSA) is 13.1 Å². The number of allylic oxidation sites excluding steroid dienone is 8. The molecule has 8 rings (SSSR count). The van der Waals surface area contributed by atoms with Crippen LogP contribution in [0.1, 0.15) is 56.9 Å². The van der Waals surface area contributed by atoms with Gasteiger partial charge in [-0.25, -0.2) is 0 Å². The van der Waals surface area contributed by atoms with Crippen molar-refractivity contribution < 1.29 is 4.42 Å². The van der Waals surface area contributed by atoms with E-state index < -0.39 is 0 Å². The van der Waals surface area contributed by atoms with Crippen LogP contribution in [0.15, 0.2) is 137 Å². The van der Waals surface area contributed by atoms with E-state index in [0.29, 0.717) is 0 Å². The van der Waals surface area contributed by atoms with Gasteiger partial charge in [-0.2, -0.15) is 0 Å². The minimum absolute atomic E-state index is 0.0957. The summed E-state index contributed by atoms with van der Waals surface area (Å²) in [6.45, 7) is 11.4. The SMILES string of the molecule is C/C=C\C=C(/C)c1c2ccccc2c(/C(C)=C/C=C2\Cc3ccc4c(ccc5oc6ccccc6c54)c3C2(C)C)c2ccccc12. The van der Waals surface area contributed by atoms with Crippen molar-refractivity contribution in [3.8, 4) is 0 Å². The van der Waals surface area contributed by atoms with Gasteiger partial charge in [-0.15, -0.1) is 0 Å². The monoisotopic (exact) mass is 594 g/mol. The van der Waals surface area contributed by atoms with E-state index >= 15 is 0 Å². The summed E-state index contributed by atoms with van der Waals surface area (Å²) in [5.41, 5.74) is 11.3. The third-order valence-electron chi connectivity index (χ3n) is 10.2. The average Bonchev–Trinajstić information content (AvgIpc) is 3.58. The van der Waals surface area contributed by atoms with Crippen molar-refractivity contribution in [2.24, 2.45) is 0 Å². The third kappa shape index (κ3) is 4.22. The fourth-order valence-electron chi connectivity index (χ4n) is 8.02. The summed E-state index contributed by atoms with van der Waals surface area (Å²) in [7, 11) is 0. The molecule has 1 nitrogen and oxygen atoms in total. The van der Waals surface area contributed by atoms with Crippen molar-refractivity contribution in [2.45, 2.75) is 46.5 Å². The quantitative estimate of drug-likeness (QED) is 0.146. The van der Waals surface area contributed by atoms with Crippen molar-refractivity contribution in [1.82, 2.24) is 0 Å². The largest absolute Gasteiger partial charge is 0.456 e. The van der Waals surface area contributed by atoms with E-state index in [4.69, 9.17) is 4.42 Å². The molecule has 0 atom stereocenters. The Morgan fingerprint density at radius 3 is 1.80 bits per heavy atom. The van der Waals surface area contributed by atoms with Gasteiger partial charge in [0, 0.05) is 16.2 Å². The molecule has 1 heterocycles. The lowest BCUT2D eigenvalue weighted by Crippen LogP contribution is -2.15. The van der Waals surface area contributed by atoms with Crippen LogP contribution in [0, 0.1) is 0 Å². The van der Waals surface area contributed by atoms with E-state index in [1.807, 2.05) is 6.07 Å². The van der Waals surface area contributed by atoms with E-state index in [1.165, 1.54) is 82.1 Å². The van der Waals surface area contributed by atoms with Crippen LogP contribution in [-0.4, -0.2) is 0 Å². The molecule has 46 heavy (non-hydrogen) atoms. The Kier molecular flexibility index (Phi) is 6.62. The maximum Gasteiger partial charge on any atom is 0.136 e. The van der Waals surface area contributed by atoms with Gasteiger partial charge in [0.1, 0.15) is 11.2 Å². The number of furan rings is 1. The van der Waals surface area contributed by atoms with Crippen molar-refractivity contribution in [1.29, 1.82) is 0 Å². The Labute approximate surface area is 270 Å². The molecule has 0 spiro atoms. The van der Waals surface area contributed by atoms with Crippen molar-refractivity contribution in [2.75, 3.05) is 0 Å². The molecule has 0 unspecified atom stereocenters. The highest BCUT2D eigenvalue weighted by Crippen LogP contribution is 2.48. The summed E-state index contributed by atoms with van der Waals surface area (Å²) < 4.78 is 6.23. The number of rotatable bonds is 4. The van der Waals surface area contributed by atoms with Crippen LogP contribution in [0.2, 0.25) is 0 Å². The van der Waals surface area contributed by atoms with Gasteiger partial charge in [0.15, 0.2) is 0 Å². The van der Waals surface area contributed by atoms with Crippen LogP contribution in [-0.2, 0) is 11.8 Å². The molecule has 0 amide bonds. The first-order valence-electron chi connectivity index (χ1n) is 16.4. The fourth-order valence-corrected chi connectivity index (χ4v) is 8.02. The van der Waals surface area contributed by atoms with Gasteiger partial charge in [0.25, 0.3) is 0 Å². The number of benzene rings is 6. The summed E-state index contributed by atoms with van der Waals surface area (Å²) in [6.07, 6.45) is 12.2. The highest BCUT2D eigenvalue weighted by atomic mass is 16.3. The molecule has 1 aromatic heterocycles. The summed E-state index contributed by atoms with van der Waals surface area (Å²) in [4.78, 5) is 0. The zero-order valence-corrected chi connectivity index (χ0v) is 27.2. The lowest BCUT2D eigenvalue weighted by Gasteiger charge is -2.24. The van der Waals surface area contributed by atoms with Gasteiger partial charge in [0.2, 0.25) is 0 Å². The lowest BCUT2D eigenvalue weighted by molar-refractivity contribution is 0.649. The second-order valence-corrected chi connectivity index (χ2v) is 13.3. The fraction of sp³-hybridized carbons (Fsp3) is 0.156. The maximum absolute atomic E-state index is 6.23. The predicted octanol–water partition coefficient (Wildman–Crippen LogP) is 12.9. The van der Waals surface area contributed by atoms with Crippen LogP contribution in [0.25, 0.3) is 65.4 Å². The molecule has 1 aliphatic rings. The van der Waals surface area contributed by atoms with Crippen LogP contribution < -0.4 is 0 Å². The number of para-hydroxylation sites is 1. The Balaban J connectivity index is 1.28. The van der Waals surface area contributed by atoms with Gasteiger partial charge in [-0.05, 0) is 105 Å². The molecule has 0 aliphatic heterocycles. The molecule has 0 bridgehead atoms. The molecule has 0 saturated carbocycles. The number of hydrogen-bond acceptors (Lipinski definition) is 1. The van der Waals surface area contributed by atoms with E-state index in [1.54, 1.807) is 0 Å². The van der Waals surface area contributed by atoms with E-state index in [0.717, 1.165) is 17.6 Å². The maximum atomic E-state index is 6.23. The van der Waals surface area contributed by atoms with Crippen LogP contribution in [0.4, 0.5) is 0 Å². The molecule has 1 aliphatic carbocycles. The molecule has 224 valence electrons. The van der Waals surface area contributed by atoms with Crippen molar-refractivity contribution in [3.05, 3.63) is 155 Å². The van der Waals surface area contributed by atoms with Gasteiger partial charge in [0.05, 0.1) is 0 Å². The average molecular weight is 595 g/mol. The van der Waals surface area contributed by atoms with E-state index in [2.05, 4.69) is 156 Å². The normalized spacial score (nSPS) is 16.2. The predicted molar refractivity (Wildman–Crippen MR) is 200 cm³/mol. The Hall–Kier alpha value is -5.14. The van der Waals surface area contributed by atoms with Crippen LogP contribution >= 0.6 is 0 Å². The Morgan fingerprint density at radius 1 is 0.609 bits per heavy atom. The number of fused-ring (bicyclic) bond motifs is 9. The zero-order chi connectivity index (χ0) is 31.6. The Bertz CT molecular complexity index is 2430. The standard InChI is InChI=1S/C45H38O/c1-6-7-14-28(2)41-32-15-8-10-17-34(32)42(35-18-11-9-16-33(35)41)29(3)21-23-31-27-30-22-24-36-37(44(30)45(31,4)5)25-26-40-43(36)38-19-12-13-20-39(38)46-40/h6-26H,27H2,1-5H3/b7-6-,28-14+,29-21+,31-23+. The minimum atomic E-state index is -0.0957. The summed E-state index contributed by atoms with van der Waals surface area (Å²) in [5.74, 6) is 0. The highest BCUT2D eigenvalue weighted by molar-refractivity contribution is 6.20. The van der Waals surface area contributed by atoms with E-state index in [9.17, 15) is 0 Å². The molecule has 0 fully saturated rings. The summed E-state index contributed by atoms with van der Waals surface area (Å²) in [5, 5.41) is 10.2. The number of hydrogen-bond donors (Lipinski definition) is 0. The van der Waals surface area contributed by atoms with Gasteiger partial charge in [-0.1, -0.05) is 135 Å². The highest BCUT2D eigenvalue weighted by Gasteiger charge is 2.36. The van der Waals surface area contributed by atoms with Gasteiger partial charge in [-0.3, -0.25) is 0 Å². The van der Waals surface area contributed by atoms with Gasteiger partial charge < -0.3 is 4.42 Å². The van der Waals surface area contributed by atoms with Crippen molar-refractivity contribution in [3.63, 3.8) is 0 Å². The summed E-state index contributed by atoms with van der Waals surface area (Å²) in [6, 6.07) is 35.3. The van der Waals surface area contributed by atoms with Crippen LogP contribution in [0.5, 0.6) is 0 Å². The first-order chi connectivity index (χ1) is 22.4. The van der Waals surface area contributed by atoms with Crippen molar-refractivity contribution >= 4 is 65.4 Å². The molecule has 7 aromatic rings.